The molecule has 0 saturated carbocycles. The molecule has 0 aliphatic heterocycles. The van der Waals surface area contributed by atoms with E-state index in [0.29, 0.717) is 11.1 Å². The number of benzene rings is 2. The molecular formula is C20H14O4S2. The lowest BCUT2D eigenvalue weighted by atomic mass is 10.2. The first-order chi connectivity index (χ1) is 12.7. The van der Waals surface area contributed by atoms with Crippen molar-refractivity contribution in [2.24, 2.45) is 0 Å². The van der Waals surface area contributed by atoms with Gasteiger partial charge in [0.2, 0.25) is 0 Å². The highest BCUT2D eigenvalue weighted by Gasteiger charge is 2.15. The van der Waals surface area contributed by atoms with Crippen molar-refractivity contribution in [1.29, 1.82) is 0 Å². The van der Waals surface area contributed by atoms with E-state index in [9.17, 15) is 9.59 Å². The van der Waals surface area contributed by atoms with Crippen LogP contribution >= 0.6 is 22.7 Å². The van der Waals surface area contributed by atoms with Gasteiger partial charge >= 0.3 is 11.9 Å². The average Bonchev–Trinajstić information content (AvgIpc) is 3.29. The van der Waals surface area contributed by atoms with Gasteiger partial charge in [-0.2, -0.15) is 0 Å². The van der Waals surface area contributed by atoms with E-state index in [4.69, 9.17) is 9.47 Å². The maximum atomic E-state index is 12.2. The predicted molar refractivity (Wildman–Crippen MR) is 104 cm³/mol. The van der Waals surface area contributed by atoms with Crippen LogP contribution in [0.5, 0.6) is 0 Å². The third kappa shape index (κ3) is 3.21. The van der Waals surface area contributed by atoms with Gasteiger partial charge in [-0.05, 0) is 12.1 Å². The zero-order valence-corrected chi connectivity index (χ0v) is 15.3. The molecule has 0 atom stereocenters. The predicted octanol–water partition coefficient (Wildman–Crippen LogP) is 5.13. The van der Waals surface area contributed by atoms with Crippen molar-refractivity contribution >= 4 is 54.8 Å². The Balaban J connectivity index is 1.33. The van der Waals surface area contributed by atoms with Crippen LogP contribution in [0.15, 0.2) is 59.3 Å². The molecule has 2 aromatic carbocycles. The molecule has 0 aliphatic carbocycles. The Morgan fingerprint density at radius 1 is 0.692 bits per heavy atom. The lowest BCUT2D eigenvalue weighted by molar-refractivity contribution is 0.0268. The van der Waals surface area contributed by atoms with Gasteiger partial charge < -0.3 is 9.47 Å². The van der Waals surface area contributed by atoms with Crippen LogP contribution in [0.2, 0.25) is 0 Å². The van der Waals surface area contributed by atoms with Crippen molar-refractivity contribution in [3.8, 4) is 0 Å². The Morgan fingerprint density at radius 3 is 1.58 bits per heavy atom. The second-order valence-corrected chi connectivity index (χ2v) is 7.39. The molecule has 4 aromatic rings. The van der Waals surface area contributed by atoms with Crippen molar-refractivity contribution in [3.63, 3.8) is 0 Å². The standard InChI is InChI=1S/C20H14O4S2/c21-19(15-11-25-17-7-3-1-5-13(15)17)23-9-10-24-20(22)16-12-26-18-8-4-2-6-14(16)18/h1-8,11-12H,9-10H2. The summed E-state index contributed by atoms with van der Waals surface area (Å²) in [5.74, 6) is -0.807. The fraction of sp³-hybridized carbons (Fsp3) is 0.100. The van der Waals surface area contributed by atoms with Crippen LogP contribution in [0.3, 0.4) is 0 Å². The molecule has 4 rings (SSSR count). The van der Waals surface area contributed by atoms with E-state index in [1.165, 1.54) is 22.7 Å². The summed E-state index contributed by atoms with van der Waals surface area (Å²) < 4.78 is 12.6. The summed E-state index contributed by atoms with van der Waals surface area (Å²) in [7, 11) is 0. The second kappa shape index (κ2) is 7.27. The van der Waals surface area contributed by atoms with Gasteiger partial charge in [-0.25, -0.2) is 9.59 Å². The third-order valence-corrected chi connectivity index (χ3v) is 5.88. The molecule has 2 aromatic heterocycles. The normalized spacial score (nSPS) is 10.9. The van der Waals surface area contributed by atoms with Crippen molar-refractivity contribution in [3.05, 3.63) is 70.4 Å². The summed E-state index contributed by atoms with van der Waals surface area (Å²) in [4.78, 5) is 24.4. The number of ether oxygens (including phenoxy) is 2. The van der Waals surface area contributed by atoms with Crippen LogP contribution in [-0.2, 0) is 9.47 Å². The van der Waals surface area contributed by atoms with Gasteiger partial charge in [-0.3, -0.25) is 0 Å². The molecule has 0 N–H and O–H groups in total. The van der Waals surface area contributed by atoms with Crippen molar-refractivity contribution < 1.29 is 19.1 Å². The minimum absolute atomic E-state index is 0.0246. The highest BCUT2D eigenvalue weighted by atomic mass is 32.1. The maximum absolute atomic E-state index is 12.2. The van der Waals surface area contributed by atoms with Gasteiger partial charge in [0, 0.05) is 30.9 Å². The minimum Gasteiger partial charge on any atom is -0.458 e. The van der Waals surface area contributed by atoms with Crippen LogP contribution in [0, 0.1) is 0 Å². The molecule has 26 heavy (non-hydrogen) atoms. The van der Waals surface area contributed by atoms with E-state index >= 15 is 0 Å². The number of rotatable bonds is 5. The van der Waals surface area contributed by atoms with E-state index in [-0.39, 0.29) is 13.2 Å². The Bertz CT molecular complexity index is 1010. The van der Waals surface area contributed by atoms with Gasteiger partial charge in [0.25, 0.3) is 0 Å². The minimum atomic E-state index is -0.403. The third-order valence-electron chi connectivity index (χ3n) is 3.95. The second-order valence-electron chi connectivity index (χ2n) is 5.56. The van der Waals surface area contributed by atoms with Gasteiger partial charge in [-0.15, -0.1) is 22.7 Å². The highest BCUT2D eigenvalue weighted by Crippen LogP contribution is 2.27. The number of hydrogen-bond acceptors (Lipinski definition) is 6. The molecule has 0 spiro atoms. The molecule has 0 radical (unpaired) electrons. The first-order valence-electron chi connectivity index (χ1n) is 8.01. The monoisotopic (exact) mass is 382 g/mol. The van der Waals surface area contributed by atoms with Gasteiger partial charge in [-0.1, -0.05) is 36.4 Å². The summed E-state index contributed by atoms with van der Waals surface area (Å²) in [6.45, 7) is 0.0492. The van der Waals surface area contributed by atoms with E-state index in [1.54, 1.807) is 10.8 Å². The molecule has 0 bridgehead atoms. The summed E-state index contributed by atoms with van der Waals surface area (Å²) in [5, 5.41) is 5.33. The fourth-order valence-electron chi connectivity index (χ4n) is 2.70. The Labute approximate surface area is 157 Å². The topological polar surface area (TPSA) is 52.6 Å². The van der Waals surface area contributed by atoms with E-state index in [0.717, 1.165) is 20.2 Å². The summed E-state index contributed by atoms with van der Waals surface area (Å²) in [6, 6.07) is 15.3. The van der Waals surface area contributed by atoms with Crippen molar-refractivity contribution in [1.82, 2.24) is 0 Å². The molecule has 0 aliphatic rings. The van der Waals surface area contributed by atoms with E-state index in [2.05, 4.69) is 0 Å². The Hall–Kier alpha value is -2.70. The molecule has 4 nitrogen and oxygen atoms in total. The first kappa shape index (κ1) is 16.8. The van der Waals surface area contributed by atoms with Gasteiger partial charge in [0.15, 0.2) is 0 Å². The highest BCUT2D eigenvalue weighted by molar-refractivity contribution is 7.17. The molecule has 2 heterocycles. The van der Waals surface area contributed by atoms with Crippen LogP contribution in [0.25, 0.3) is 20.2 Å². The SMILES string of the molecule is O=C(OCCOC(=O)c1csc2ccccc12)c1csc2ccccc12. The summed E-state index contributed by atoms with van der Waals surface area (Å²) >= 11 is 3.00. The number of thiophene rings is 2. The maximum Gasteiger partial charge on any atom is 0.339 e. The van der Waals surface area contributed by atoms with Gasteiger partial charge in [0.05, 0.1) is 11.1 Å². The number of carbonyl (C=O) groups excluding carboxylic acids is 2. The number of hydrogen-bond donors (Lipinski definition) is 0. The van der Waals surface area contributed by atoms with Crippen LogP contribution in [0.4, 0.5) is 0 Å². The molecule has 130 valence electrons. The number of fused-ring (bicyclic) bond motifs is 2. The lowest BCUT2D eigenvalue weighted by Gasteiger charge is -2.06. The molecule has 0 amide bonds. The first-order valence-corrected chi connectivity index (χ1v) is 9.76. The largest absolute Gasteiger partial charge is 0.458 e. The lowest BCUT2D eigenvalue weighted by Crippen LogP contribution is -2.13. The number of esters is 2. The molecule has 0 saturated heterocycles. The Morgan fingerprint density at radius 2 is 1.12 bits per heavy atom. The molecule has 0 fully saturated rings. The molecule has 6 heteroatoms. The smallest absolute Gasteiger partial charge is 0.339 e. The fourth-order valence-corrected chi connectivity index (χ4v) is 4.56. The summed E-state index contributed by atoms with van der Waals surface area (Å²) in [6.07, 6.45) is 0. The number of carbonyl (C=O) groups is 2. The zero-order chi connectivity index (χ0) is 17.9. The van der Waals surface area contributed by atoms with Crippen molar-refractivity contribution in [2.45, 2.75) is 0 Å². The Kier molecular flexibility index (Phi) is 4.69. The zero-order valence-electron chi connectivity index (χ0n) is 13.6. The average molecular weight is 382 g/mol. The van der Waals surface area contributed by atoms with E-state index in [1.807, 2.05) is 48.5 Å². The van der Waals surface area contributed by atoms with Crippen molar-refractivity contribution in [2.75, 3.05) is 13.2 Å². The van der Waals surface area contributed by atoms with E-state index < -0.39 is 11.9 Å². The van der Waals surface area contributed by atoms with Crippen LogP contribution in [0.1, 0.15) is 20.7 Å². The van der Waals surface area contributed by atoms with Crippen LogP contribution < -0.4 is 0 Å². The summed E-state index contributed by atoms with van der Waals surface area (Å²) in [5.41, 5.74) is 1.08. The van der Waals surface area contributed by atoms with Gasteiger partial charge in [0.1, 0.15) is 13.2 Å². The van der Waals surface area contributed by atoms with Crippen LogP contribution in [-0.4, -0.2) is 25.2 Å². The molecular weight excluding hydrogens is 368 g/mol. The quantitative estimate of drug-likeness (QED) is 0.355. The molecule has 0 unspecified atom stereocenters.